The van der Waals surface area contributed by atoms with E-state index in [0.717, 1.165) is 37.6 Å². The zero-order valence-electron chi connectivity index (χ0n) is 18.2. The van der Waals surface area contributed by atoms with Crippen LogP contribution in [0.5, 0.6) is 17.2 Å². The molecule has 162 valence electrons. The van der Waals surface area contributed by atoms with Gasteiger partial charge in [0.2, 0.25) is 11.7 Å². The SMILES string of the molecule is CCNC(=NCCc1ccc(OC)c(OC)c1OC)NC1CCN(C(=O)CC)C1. The van der Waals surface area contributed by atoms with Crippen LogP contribution in [0.3, 0.4) is 0 Å². The molecular formula is C21H34N4O4. The molecule has 1 aromatic carbocycles. The highest BCUT2D eigenvalue weighted by atomic mass is 16.5. The molecule has 1 aromatic rings. The van der Waals surface area contributed by atoms with Crippen molar-refractivity contribution in [3.8, 4) is 17.2 Å². The van der Waals surface area contributed by atoms with Gasteiger partial charge in [-0.05, 0) is 25.8 Å². The minimum atomic E-state index is 0.205. The van der Waals surface area contributed by atoms with E-state index in [1.165, 1.54) is 0 Å². The lowest BCUT2D eigenvalue weighted by molar-refractivity contribution is -0.129. The van der Waals surface area contributed by atoms with Crippen LogP contribution in [-0.2, 0) is 11.2 Å². The van der Waals surface area contributed by atoms with E-state index in [4.69, 9.17) is 19.2 Å². The van der Waals surface area contributed by atoms with Crippen molar-refractivity contribution in [2.45, 2.75) is 39.2 Å². The fourth-order valence-electron chi connectivity index (χ4n) is 3.49. The van der Waals surface area contributed by atoms with Crippen LogP contribution in [0.2, 0.25) is 0 Å². The summed E-state index contributed by atoms with van der Waals surface area (Å²) in [7, 11) is 4.83. The average Bonchev–Trinajstić information content (AvgIpc) is 3.21. The predicted octanol–water partition coefficient (Wildman–Crippen LogP) is 1.82. The second kappa shape index (κ2) is 11.4. The molecule has 1 unspecified atom stereocenters. The predicted molar refractivity (Wildman–Crippen MR) is 114 cm³/mol. The van der Waals surface area contributed by atoms with E-state index in [9.17, 15) is 4.79 Å². The van der Waals surface area contributed by atoms with E-state index < -0.39 is 0 Å². The lowest BCUT2D eigenvalue weighted by Gasteiger charge is -2.19. The second-order valence-electron chi connectivity index (χ2n) is 6.83. The first-order chi connectivity index (χ1) is 14.1. The third kappa shape index (κ3) is 5.92. The number of likely N-dealkylation sites (tertiary alicyclic amines) is 1. The van der Waals surface area contributed by atoms with Crippen LogP contribution in [0.1, 0.15) is 32.3 Å². The molecule has 0 radical (unpaired) electrons. The van der Waals surface area contributed by atoms with Gasteiger partial charge >= 0.3 is 0 Å². The smallest absolute Gasteiger partial charge is 0.222 e. The number of aliphatic imine (C=N–C) groups is 1. The van der Waals surface area contributed by atoms with Gasteiger partial charge in [0.05, 0.1) is 21.3 Å². The van der Waals surface area contributed by atoms with Crippen molar-refractivity contribution < 1.29 is 19.0 Å². The number of methoxy groups -OCH3 is 3. The maximum atomic E-state index is 11.9. The highest BCUT2D eigenvalue weighted by Gasteiger charge is 2.25. The van der Waals surface area contributed by atoms with Crippen LogP contribution in [0.15, 0.2) is 17.1 Å². The normalized spacial score (nSPS) is 16.5. The molecule has 0 spiro atoms. The molecule has 2 N–H and O–H groups in total. The number of rotatable bonds is 9. The summed E-state index contributed by atoms with van der Waals surface area (Å²) >= 11 is 0. The van der Waals surface area contributed by atoms with Crippen molar-refractivity contribution in [2.24, 2.45) is 4.99 Å². The molecular weight excluding hydrogens is 372 g/mol. The van der Waals surface area contributed by atoms with Crippen molar-refractivity contribution >= 4 is 11.9 Å². The van der Waals surface area contributed by atoms with Gasteiger partial charge in [-0.3, -0.25) is 9.79 Å². The van der Waals surface area contributed by atoms with Crippen molar-refractivity contribution in [3.63, 3.8) is 0 Å². The Bertz CT molecular complexity index is 708. The Morgan fingerprint density at radius 1 is 1.17 bits per heavy atom. The number of carbonyl (C=O) groups is 1. The molecule has 1 amide bonds. The highest BCUT2D eigenvalue weighted by molar-refractivity contribution is 5.80. The first kappa shape index (κ1) is 22.6. The molecule has 29 heavy (non-hydrogen) atoms. The van der Waals surface area contributed by atoms with E-state index in [0.29, 0.717) is 36.6 Å². The molecule has 1 aliphatic heterocycles. The Morgan fingerprint density at radius 2 is 1.93 bits per heavy atom. The van der Waals surface area contributed by atoms with E-state index in [2.05, 4.69) is 10.6 Å². The van der Waals surface area contributed by atoms with E-state index in [-0.39, 0.29) is 11.9 Å². The number of amides is 1. The van der Waals surface area contributed by atoms with Crippen molar-refractivity contribution in [1.29, 1.82) is 0 Å². The molecule has 1 heterocycles. The number of nitrogens with one attached hydrogen (secondary N) is 2. The molecule has 1 atom stereocenters. The van der Waals surface area contributed by atoms with Crippen LogP contribution < -0.4 is 24.8 Å². The fourth-order valence-corrected chi connectivity index (χ4v) is 3.49. The lowest BCUT2D eigenvalue weighted by atomic mass is 10.1. The van der Waals surface area contributed by atoms with E-state index in [1.807, 2.05) is 30.9 Å². The Balaban J connectivity index is 2.02. The number of guanidine groups is 1. The minimum Gasteiger partial charge on any atom is -0.493 e. The Morgan fingerprint density at radius 3 is 2.55 bits per heavy atom. The number of hydrogen-bond donors (Lipinski definition) is 2. The third-order valence-electron chi connectivity index (χ3n) is 4.97. The maximum Gasteiger partial charge on any atom is 0.222 e. The van der Waals surface area contributed by atoms with Gasteiger partial charge in [0.25, 0.3) is 0 Å². The summed E-state index contributed by atoms with van der Waals surface area (Å²) in [6.07, 6.45) is 2.18. The quantitative estimate of drug-likeness (QED) is 0.481. The van der Waals surface area contributed by atoms with Crippen LogP contribution in [0.4, 0.5) is 0 Å². The second-order valence-corrected chi connectivity index (χ2v) is 6.83. The van der Waals surface area contributed by atoms with Crippen LogP contribution >= 0.6 is 0 Å². The zero-order chi connectivity index (χ0) is 21.2. The molecule has 0 saturated carbocycles. The number of ether oxygens (including phenoxy) is 3. The summed E-state index contributed by atoms with van der Waals surface area (Å²) in [5, 5.41) is 6.73. The van der Waals surface area contributed by atoms with Gasteiger partial charge in [0.15, 0.2) is 17.5 Å². The van der Waals surface area contributed by atoms with Gasteiger partial charge in [-0.2, -0.15) is 0 Å². The molecule has 0 bridgehead atoms. The van der Waals surface area contributed by atoms with Gasteiger partial charge in [0, 0.05) is 44.2 Å². The Kier molecular flexibility index (Phi) is 8.89. The molecule has 1 fully saturated rings. The minimum absolute atomic E-state index is 0.205. The topological polar surface area (TPSA) is 84.4 Å². The van der Waals surface area contributed by atoms with Crippen molar-refractivity contribution in [3.05, 3.63) is 17.7 Å². The molecule has 0 aliphatic carbocycles. The van der Waals surface area contributed by atoms with Gasteiger partial charge in [-0.1, -0.05) is 13.0 Å². The number of carbonyl (C=O) groups excluding carboxylic acids is 1. The number of benzene rings is 1. The number of nitrogens with zero attached hydrogens (tertiary/aromatic N) is 2. The lowest BCUT2D eigenvalue weighted by Crippen LogP contribution is -2.45. The first-order valence-electron chi connectivity index (χ1n) is 10.2. The summed E-state index contributed by atoms with van der Waals surface area (Å²) < 4.78 is 16.3. The fraction of sp³-hybridized carbons (Fsp3) is 0.619. The summed E-state index contributed by atoms with van der Waals surface area (Å²) in [6, 6.07) is 4.07. The largest absolute Gasteiger partial charge is 0.493 e. The van der Waals surface area contributed by atoms with Crippen LogP contribution in [-0.4, -0.2) is 70.3 Å². The Labute approximate surface area is 173 Å². The summed E-state index contributed by atoms with van der Waals surface area (Å²) in [6.45, 7) is 6.82. The average molecular weight is 407 g/mol. The molecule has 8 nitrogen and oxygen atoms in total. The van der Waals surface area contributed by atoms with Gasteiger partial charge in [0.1, 0.15) is 0 Å². The van der Waals surface area contributed by atoms with Gasteiger partial charge in [-0.25, -0.2) is 0 Å². The van der Waals surface area contributed by atoms with Crippen LogP contribution in [0, 0.1) is 0 Å². The maximum absolute atomic E-state index is 11.9. The molecule has 0 aromatic heterocycles. The molecule has 2 rings (SSSR count). The molecule has 8 heteroatoms. The molecule has 1 saturated heterocycles. The zero-order valence-corrected chi connectivity index (χ0v) is 18.2. The first-order valence-corrected chi connectivity index (χ1v) is 10.2. The molecule has 1 aliphatic rings. The standard InChI is InChI=1S/C21H34N4O4/c1-6-18(26)25-13-11-16(14-25)24-21(22-7-2)23-12-10-15-8-9-17(27-3)20(29-5)19(15)28-4/h8-9,16H,6-7,10-14H2,1-5H3,(H2,22,23,24). The summed E-state index contributed by atoms with van der Waals surface area (Å²) in [5.74, 6) is 2.87. The monoisotopic (exact) mass is 406 g/mol. The Hall–Kier alpha value is -2.64. The van der Waals surface area contributed by atoms with Crippen LogP contribution in [0.25, 0.3) is 0 Å². The summed E-state index contributed by atoms with van der Waals surface area (Å²) in [5.41, 5.74) is 1.00. The third-order valence-corrected chi connectivity index (χ3v) is 4.97. The summed E-state index contributed by atoms with van der Waals surface area (Å²) in [4.78, 5) is 18.5. The number of hydrogen-bond acceptors (Lipinski definition) is 5. The van der Waals surface area contributed by atoms with Crippen molar-refractivity contribution in [2.75, 3.05) is 47.5 Å². The van der Waals surface area contributed by atoms with Crippen molar-refractivity contribution in [1.82, 2.24) is 15.5 Å². The van der Waals surface area contributed by atoms with E-state index in [1.54, 1.807) is 21.3 Å². The van der Waals surface area contributed by atoms with Gasteiger partial charge in [-0.15, -0.1) is 0 Å². The van der Waals surface area contributed by atoms with Gasteiger partial charge < -0.3 is 29.7 Å². The highest BCUT2D eigenvalue weighted by Crippen LogP contribution is 2.39. The van der Waals surface area contributed by atoms with E-state index >= 15 is 0 Å².